The van der Waals surface area contributed by atoms with Crippen molar-refractivity contribution in [3.63, 3.8) is 0 Å². The molecule has 0 unspecified atom stereocenters. The molecule has 0 aromatic carbocycles. The predicted octanol–water partition coefficient (Wildman–Crippen LogP) is 0.446. The molecule has 0 aromatic heterocycles. The quantitative estimate of drug-likeness (QED) is 0.671. The van der Waals surface area contributed by atoms with Gasteiger partial charge in [-0.2, -0.15) is 4.39 Å². The molecule has 0 radical (unpaired) electrons. The van der Waals surface area contributed by atoms with Gasteiger partial charge >= 0.3 is 6.04 Å². The first kappa shape index (κ1) is 12.5. The molecule has 1 N–H and O–H groups in total. The first-order chi connectivity index (χ1) is 5.80. The van der Waals surface area contributed by atoms with Gasteiger partial charge in [0, 0.05) is 0 Å². The molecule has 0 fully saturated rings. The summed E-state index contributed by atoms with van der Waals surface area (Å²) in [5, 5.41) is 0. The monoisotopic (exact) mass is 211 g/mol. The topological polar surface area (TPSA) is 63.2 Å². The highest BCUT2D eigenvalue weighted by Crippen LogP contribution is 2.05. The number of halogens is 1. The van der Waals surface area contributed by atoms with Gasteiger partial charge in [0.15, 0.2) is 0 Å². The number of sulfonamides is 1. The molecular weight excluding hydrogens is 197 g/mol. The van der Waals surface area contributed by atoms with E-state index in [0.717, 1.165) is 0 Å². The van der Waals surface area contributed by atoms with E-state index in [1.165, 1.54) is 6.92 Å². The molecule has 0 aliphatic heterocycles. The summed E-state index contributed by atoms with van der Waals surface area (Å²) in [6, 6.07) is -2.91. The Balaban J connectivity index is 4.54. The summed E-state index contributed by atoms with van der Waals surface area (Å²) < 4.78 is 36.3. The molecule has 0 amide bonds. The van der Waals surface area contributed by atoms with Crippen molar-refractivity contribution in [1.29, 1.82) is 0 Å². The van der Waals surface area contributed by atoms with Crippen LogP contribution in [0.2, 0.25) is 0 Å². The molecule has 0 heterocycles. The molecule has 0 aliphatic carbocycles. The van der Waals surface area contributed by atoms with Crippen LogP contribution in [0.15, 0.2) is 0 Å². The summed E-state index contributed by atoms with van der Waals surface area (Å²) in [5.74, 6) is -0.553. The normalized spacial score (nSPS) is 14.5. The lowest BCUT2D eigenvalue weighted by molar-refractivity contribution is -0.132. The molecule has 4 nitrogen and oxygen atoms in total. The maximum atomic E-state index is 12.3. The number of hydrogen-bond donors (Lipinski definition) is 1. The summed E-state index contributed by atoms with van der Waals surface area (Å²) in [4.78, 5) is 10.4. The third-order valence-electron chi connectivity index (χ3n) is 1.60. The molecule has 0 saturated carbocycles. The summed E-state index contributed by atoms with van der Waals surface area (Å²) in [6.45, 7) is 4.56. The van der Waals surface area contributed by atoms with Crippen molar-refractivity contribution < 1.29 is 17.6 Å². The fraction of sp³-hybridized carbons (Fsp3) is 0.857. The van der Waals surface area contributed by atoms with Gasteiger partial charge in [0.1, 0.15) is 6.04 Å². The molecule has 13 heavy (non-hydrogen) atoms. The number of nitrogens with one attached hydrogen (secondary N) is 1. The molecule has 0 saturated heterocycles. The van der Waals surface area contributed by atoms with E-state index >= 15 is 0 Å². The van der Waals surface area contributed by atoms with Crippen molar-refractivity contribution in [3.05, 3.63) is 0 Å². The van der Waals surface area contributed by atoms with Crippen molar-refractivity contribution in [1.82, 2.24) is 4.72 Å². The van der Waals surface area contributed by atoms with Gasteiger partial charge in [-0.05, 0) is 12.8 Å². The van der Waals surface area contributed by atoms with Gasteiger partial charge in [0.25, 0.3) is 0 Å². The van der Waals surface area contributed by atoms with Crippen LogP contribution < -0.4 is 4.72 Å². The maximum absolute atomic E-state index is 12.3. The fourth-order valence-electron chi connectivity index (χ4n) is 0.721. The van der Waals surface area contributed by atoms with Gasteiger partial charge in [-0.3, -0.25) is 4.79 Å². The van der Waals surface area contributed by atoms with Crippen LogP contribution in [0.5, 0.6) is 0 Å². The summed E-state index contributed by atoms with van der Waals surface area (Å²) in [7, 11) is -3.52. The predicted molar refractivity (Wildman–Crippen MR) is 47.3 cm³/mol. The van der Waals surface area contributed by atoms with E-state index in [0.29, 0.717) is 0 Å². The van der Waals surface area contributed by atoms with Crippen LogP contribution in [0.25, 0.3) is 0 Å². The molecule has 0 rings (SSSR count). The molecule has 0 aliphatic rings. The lowest BCUT2D eigenvalue weighted by Crippen LogP contribution is -2.43. The van der Waals surface area contributed by atoms with Crippen molar-refractivity contribution in [2.45, 2.75) is 26.8 Å². The fourth-order valence-corrected chi connectivity index (χ4v) is 1.64. The number of carbonyl (C=O) groups is 1. The number of hydrogen-bond acceptors (Lipinski definition) is 3. The summed E-state index contributed by atoms with van der Waals surface area (Å²) in [6.07, 6.45) is 0. The van der Waals surface area contributed by atoms with Crippen LogP contribution in [-0.2, 0) is 14.8 Å². The van der Waals surface area contributed by atoms with E-state index in [1.54, 1.807) is 13.8 Å². The Morgan fingerprint density at radius 1 is 1.46 bits per heavy atom. The molecule has 6 heteroatoms. The van der Waals surface area contributed by atoms with Crippen LogP contribution in [0, 0.1) is 5.92 Å². The first-order valence-electron chi connectivity index (χ1n) is 3.99. The average molecular weight is 211 g/mol. The third-order valence-corrected chi connectivity index (χ3v) is 2.97. The Morgan fingerprint density at radius 3 is 2.15 bits per heavy atom. The molecule has 0 spiro atoms. The van der Waals surface area contributed by atoms with Crippen LogP contribution in [0.4, 0.5) is 4.39 Å². The van der Waals surface area contributed by atoms with Crippen LogP contribution in [0.1, 0.15) is 20.8 Å². The van der Waals surface area contributed by atoms with Crippen LogP contribution in [-0.4, -0.2) is 26.2 Å². The van der Waals surface area contributed by atoms with Crippen molar-refractivity contribution in [2.75, 3.05) is 5.75 Å². The highest BCUT2D eigenvalue weighted by Gasteiger charge is 2.26. The van der Waals surface area contributed by atoms with Gasteiger partial charge in [0.2, 0.25) is 10.0 Å². The minimum absolute atomic E-state index is 0.163. The van der Waals surface area contributed by atoms with E-state index in [4.69, 9.17) is 0 Å². The van der Waals surface area contributed by atoms with Crippen LogP contribution >= 0.6 is 0 Å². The Morgan fingerprint density at radius 2 is 1.92 bits per heavy atom. The lowest BCUT2D eigenvalue weighted by atomic mass is 10.1. The summed E-state index contributed by atoms with van der Waals surface area (Å²) >= 11 is 0. The second kappa shape index (κ2) is 4.66. The summed E-state index contributed by atoms with van der Waals surface area (Å²) in [5.41, 5.74) is 0. The van der Waals surface area contributed by atoms with E-state index in [1.807, 2.05) is 4.72 Å². The van der Waals surface area contributed by atoms with Gasteiger partial charge in [-0.25, -0.2) is 13.1 Å². The van der Waals surface area contributed by atoms with Crippen LogP contribution in [0.3, 0.4) is 0 Å². The number of carbonyl (C=O) groups excluding carboxylic acids is 1. The largest absolute Gasteiger partial charge is 0.319 e. The second-order valence-electron chi connectivity index (χ2n) is 3.05. The zero-order valence-corrected chi connectivity index (χ0v) is 8.69. The van der Waals surface area contributed by atoms with Crippen molar-refractivity contribution in [3.8, 4) is 0 Å². The SMILES string of the molecule is CCS(=O)(=O)N[C@H](C(=O)F)C(C)C. The first-order valence-corrected chi connectivity index (χ1v) is 5.64. The number of rotatable bonds is 5. The van der Waals surface area contributed by atoms with Gasteiger partial charge in [0.05, 0.1) is 5.75 Å². The zero-order valence-electron chi connectivity index (χ0n) is 7.87. The van der Waals surface area contributed by atoms with Gasteiger partial charge < -0.3 is 0 Å². The highest BCUT2D eigenvalue weighted by molar-refractivity contribution is 7.89. The minimum atomic E-state index is -3.52. The van der Waals surface area contributed by atoms with Crippen molar-refractivity contribution >= 4 is 16.1 Å². The minimum Gasteiger partial charge on any atom is -0.259 e. The smallest absolute Gasteiger partial charge is 0.259 e. The second-order valence-corrected chi connectivity index (χ2v) is 5.09. The molecular formula is C7H14FNO3S. The van der Waals surface area contributed by atoms with E-state index in [2.05, 4.69) is 0 Å². The highest BCUT2D eigenvalue weighted by atomic mass is 32.2. The Hall–Kier alpha value is -0.490. The average Bonchev–Trinajstić information content (AvgIpc) is 1.99. The molecule has 0 bridgehead atoms. The zero-order chi connectivity index (χ0) is 10.6. The third kappa shape index (κ3) is 4.33. The van der Waals surface area contributed by atoms with E-state index < -0.39 is 22.1 Å². The molecule has 1 atom stereocenters. The van der Waals surface area contributed by atoms with E-state index in [9.17, 15) is 17.6 Å². The lowest BCUT2D eigenvalue weighted by Gasteiger charge is -2.16. The maximum Gasteiger partial charge on any atom is 0.319 e. The van der Waals surface area contributed by atoms with Gasteiger partial charge in [-0.15, -0.1) is 0 Å². The standard InChI is InChI=1S/C7H14FNO3S/c1-4-13(11,12)9-6(5(2)3)7(8)10/h5-6,9H,4H2,1-3H3/t6-/m0/s1. The molecule has 0 aromatic rings. The van der Waals surface area contributed by atoms with Gasteiger partial charge in [-0.1, -0.05) is 13.8 Å². The Labute approximate surface area is 77.6 Å². The van der Waals surface area contributed by atoms with E-state index in [-0.39, 0.29) is 11.7 Å². The Bertz CT molecular complexity index is 273. The van der Waals surface area contributed by atoms with Crippen molar-refractivity contribution in [2.24, 2.45) is 5.92 Å². The Kier molecular flexibility index (Phi) is 4.49. The molecule has 78 valence electrons.